The first kappa shape index (κ1) is 20.6. The highest BCUT2D eigenvalue weighted by Gasteiger charge is 2.24. The fourth-order valence-corrected chi connectivity index (χ4v) is 3.41. The highest BCUT2D eigenvalue weighted by molar-refractivity contribution is 6.06. The van der Waals surface area contributed by atoms with Crippen LogP contribution in [0, 0.1) is 0 Å². The van der Waals surface area contributed by atoms with Crippen molar-refractivity contribution >= 4 is 16.9 Å². The summed E-state index contributed by atoms with van der Waals surface area (Å²) in [5.74, 6) is 2.28. The van der Waals surface area contributed by atoms with E-state index in [2.05, 4.69) is 15.3 Å². The molecule has 0 radical (unpaired) electrons. The molecule has 0 bridgehead atoms. The lowest BCUT2D eigenvalue weighted by Gasteiger charge is -2.15. The molecule has 0 aliphatic rings. The van der Waals surface area contributed by atoms with Gasteiger partial charge in [0.15, 0.2) is 0 Å². The number of hydrogen-bond acceptors (Lipinski definition) is 8. The third-order valence-corrected chi connectivity index (χ3v) is 4.95. The van der Waals surface area contributed by atoms with Gasteiger partial charge in [0.2, 0.25) is 5.71 Å². The van der Waals surface area contributed by atoms with Crippen molar-refractivity contribution in [3.8, 4) is 33.9 Å². The molecule has 2 aromatic carbocycles. The quantitative estimate of drug-likeness (QED) is 0.397. The Morgan fingerprint density at radius 2 is 1.61 bits per heavy atom. The zero-order chi connectivity index (χ0) is 21.8. The minimum absolute atomic E-state index is 0.250. The fourth-order valence-electron chi connectivity index (χ4n) is 3.41. The van der Waals surface area contributed by atoms with Gasteiger partial charge in [-0.15, -0.1) is 0 Å². The molecule has 8 nitrogen and oxygen atoms in total. The molecule has 0 atom stereocenters. The largest absolute Gasteiger partial charge is 0.497 e. The molecule has 160 valence electrons. The smallest absolute Gasteiger partial charge is 0.232 e. The summed E-state index contributed by atoms with van der Waals surface area (Å²) in [6.45, 7) is -0.499. The molecule has 2 heterocycles. The molecule has 8 heteroatoms. The summed E-state index contributed by atoms with van der Waals surface area (Å²) in [6.07, 6.45) is 1.38. The van der Waals surface area contributed by atoms with Crippen LogP contribution < -0.4 is 14.8 Å². The van der Waals surface area contributed by atoms with Crippen molar-refractivity contribution in [3.05, 3.63) is 54.9 Å². The predicted octanol–water partition coefficient (Wildman–Crippen LogP) is 3.34. The Labute approximate surface area is 179 Å². The number of benzene rings is 2. The molecule has 0 spiro atoms. The van der Waals surface area contributed by atoms with Crippen molar-refractivity contribution in [1.82, 2.24) is 9.97 Å². The maximum absolute atomic E-state index is 9.53. The second kappa shape index (κ2) is 9.03. The van der Waals surface area contributed by atoms with Crippen LogP contribution in [-0.4, -0.2) is 53.7 Å². The lowest BCUT2D eigenvalue weighted by atomic mass is 9.99. The molecule has 0 saturated heterocycles. The molecule has 31 heavy (non-hydrogen) atoms. The standard InChI is InChI=1S/C23H23N3O5/c1-29-17-8-15(9-18(10-17)30-2)21-19(14-6-4-3-5-7-14)20-22(26-16(11-27)12-28)24-13-25-23(20)31-21/h3-10,13,16,27-28H,11-12H2,1-2H3,(H,24,25,26). The highest BCUT2D eigenvalue weighted by atomic mass is 16.5. The first-order valence-corrected chi connectivity index (χ1v) is 9.73. The van der Waals surface area contributed by atoms with Gasteiger partial charge in [0.05, 0.1) is 38.9 Å². The van der Waals surface area contributed by atoms with E-state index in [0.29, 0.717) is 34.2 Å². The summed E-state index contributed by atoms with van der Waals surface area (Å²) in [4.78, 5) is 8.66. The summed E-state index contributed by atoms with van der Waals surface area (Å²) < 4.78 is 17.1. The summed E-state index contributed by atoms with van der Waals surface area (Å²) in [6, 6.07) is 14.7. The second-order valence-corrected chi connectivity index (χ2v) is 6.88. The van der Waals surface area contributed by atoms with Gasteiger partial charge < -0.3 is 29.4 Å². The Morgan fingerprint density at radius 1 is 0.935 bits per heavy atom. The fraction of sp³-hybridized carbons (Fsp3) is 0.217. The summed E-state index contributed by atoms with van der Waals surface area (Å²) >= 11 is 0. The Balaban J connectivity index is 2.01. The number of aromatic nitrogens is 2. The molecular formula is C23H23N3O5. The number of fused-ring (bicyclic) bond motifs is 1. The van der Waals surface area contributed by atoms with E-state index >= 15 is 0 Å². The lowest BCUT2D eigenvalue weighted by Crippen LogP contribution is -2.28. The molecular weight excluding hydrogens is 398 g/mol. The SMILES string of the molecule is COc1cc(OC)cc(-c2oc3ncnc(NC(CO)CO)c3c2-c2ccccc2)c1. The Bertz CT molecular complexity index is 1150. The number of furan rings is 1. The first-order valence-electron chi connectivity index (χ1n) is 9.73. The molecule has 0 aliphatic heterocycles. The number of anilines is 1. The van der Waals surface area contributed by atoms with Gasteiger partial charge in [-0.05, 0) is 17.7 Å². The van der Waals surface area contributed by atoms with Gasteiger partial charge in [-0.3, -0.25) is 0 Å². The maximum Gasteiger partial charge on any atom is 0.232 e. The topological polar surface area (TPSA) is 110 Å². The van der Waals surface area contributed by atoms with Crippen molar-refractivity contribution < 1.29 is 24.1 Å². The van der Waals surface area contributed by atoms with E-state index in [9.17, 15) is 10.2 Å². The van der Waals surface area contributed by atoms with Gasteiger partial charge in [-0.25, -0.2) is 9.97 Å². The molecule has 0 fully saturated rings. The van der Waals surface area contributed by atoms with Gasteiger partial charge >= 0.3 is 0 Å². The van der Waals surface area contributed by atoms with Crippen LogP contribution in [0.4, 0.5) is 5.82 Å². The number of aliphatic hydroxyl groups excluding tert-OH is 2. The lowest BCUT2D eigenvalue weighted by molar-refractivity contribution is 0.203. The van der Waals surface area contributed by atoms with Crippen molar-refractivity contribution in [2.75, 3.05) is 32.8 Å². The van der Waals surface area contributed by atoms with Crippen molar-refractivity contribution in [2.45, 2.75) is 6.04 Å². The maximum atomic E-state index is 9.53. The van der Waals surface area contributed by atoms with Crippen LogP contribution in [0.15, 0.2) is 59.3 Å². The average molecular weight is 421 g/mol. The Hall–Kier alpha value is -3.62. The second-order valence-electron chi connectivity index (χ2n) is 6.88. The summed E-state index contributed by atoms with van der Waals surface area (Å²) in [5, 5.41) is 22.8. The van der Waals surface area contributed by atoms with Crippen molar-refractivity contribution in [1.29, 1.82) is 0 Å². The van der Waals surface area contributed by atoms with E-state index in [1.54, 1.807) is 20.3 Å². The zero-order valence-electron chi connectivity index (χ0n) is 17.2. The van der Waals surface area contributed by atoms with Gasteiger partial charge in [0, 0.05) is 17.2 Å². The highest BCUT2D eigenvalue weighted by Crippen LogP contribution is 2.44. The Morgan fingerprint density at radius 3 is 2.23 bits per heavy atom. The molecule has 4 rings (SSSR count). The molecule has 3 N–H and O–H groups in total. The number of nitrogens with one attached hydrogen (secondary N) is 1. The van der Waals surface area contributed by atoms with E-state index < -0.39 is 6.04 Å². The minimum Gasteiger partial charge on any atom is -0.497 e. The number of aliphatic hydroxyl groups is 2. The molecule has 0 aliphatic carbocycles. The number of ether oxygens (including phenoxy) is 2. The van der Waals surface area contributed by atoms with Crippen molar-refractivity contribution in [2.24, 2.45) is 0 Å². The van der Waals surface area contributed by atoms with E-state index in [0.717, 1.165) is 16.7 Å². The van der Waals surface area contributed by atoms with E-state index in [4.69, 9.17) is 13.9 Å². The third-order valence-electron chi connectivity index (χ3n) is 4.95. The normalized spacial score (nSPS) is 11.1. The van der Waals surface area contributed by atoms with Crippen LogP contribution in [-0.2, 0) is 0 Å². The van der Waals surface area contributed by atoms with Gasteiger partial charge in [-0.1, -0.05) is 30.3 Å². The van der Waals surface area contributed by atoms with Crippen LogP contribution in [0.5, 0.6) is 11.5 Å². The summed E-state index contributed by atoms with van der Waals surface area (Å²) in [5.41, 5.74) is 2.81. The molecule has 2 aromatic heterocycles. The van der Waals surface area contributed by atoms with E-state index in [1.165, 1.54) is 6.33 Å². The van der Waals surface area contributed by atoms with Crippen LogP contribution in [0.1, 0.15) is 0 Å². The number of rotatable bonds is 8. The Kier molecular flexibility index (Phi) is 6.01. The zero-order valence-corrected chi connectivity index (χ0v) is 17.2. The minimum atomic E-state index is -0.572. The number of methoxy groups -OCH3 is 2. The van der Waals surface area contributed by atoms with Crippen molar-refractivity contribution in [3.63, 3.8) is 0 Å². The summed E-state index contributed by atoms with van der Waals surface area (Å²) in [7, 11) is 3.18. The number of nitrogens with zero attached hydrogens (tertiary/aromatic N) is 2. The van der Waals surface area contributed by atoms with Crippen LogP contribution in [0.25, 0.3) is 33.6 Å². The van der Waals surface area contributed by atoms with Crippen LogP contribution in [0.3, 0.4) is 0 Å². The third kappa shape index (κ3) is 4.03. The van der Waals surface area contributed by atoms with Gasteiger partial charge in [0.25, 0.3) is 0 Å². The number of hydrogen-bond donors (Lipinski definition) is 3. The van der Waals surface area contributed by atoms with E-state index in [1.807, 2.05) is 42.5 Å². The first-order chi connectivity index (χ1) is 15.2. The van der Waals surface area contributed by atoms with Crippen LogP contribution >= 0.6 is 0 Å². The predicted molar refractivity (Wildman–Crippen MR) is 117 cm³/mol. The van der Waals surface area contributed by atoms with Gasteiger partial charge in [0.1, 0.15) is 29.4 Å². The van der Waals surface area contributed by atoms with Crippen LogP contribution in [0.2, 0.25) is 0 Å². The average Bonchev–Trinajstić information content (AvgIpc) is 3.23. The molecule has 0 saturated carbocycles. The molecule has 4 aromatic rings. The monoisotopic (exact) mass is 421 g/mol. The molecule has 0 amide bonds. The van der Waals surface area contributed by atoms with E-state index in [-0.39, 0.29) is 13.2 Å². The van der Waals surface area contributed by atoms with Gasteiger partial charge in [-0.2, -0.15) is 0 Å². The molecule has 0 unspecified atom stereocenters.